The predicted molar refractivity (Wildman–Crippen MR) is 99.2 cm³/mol. The molecule has 2 heterocycles. The molecule has 0 aliphatic carbocycles. The molecule has 0 amide bonds. The van der Waals surface area contributed by atoms with E-state index >= 15 is 0 Å². The van der Waals surface area contributed by atoms with Gasteiger partial charge in [0.15, 0.2) is 11.5 Å². The largest absolute Gasteiger partial charge is 0.497 e. The lowest BCUT2D eigenvalue weighted by atomic mass is 9.83. The fraction of sp³-hybridized carbons (Fsp3) is 0.381. The first-order valence-corrected chi connectivity index (χ1v) is 9.14. The SMILES string of the molecule is CCOC(=O)C1C(c2ccc3c(c2)OCO3)CNC1c1ccc(OC)cc1. The number of esters is 1. The number of methoxy groups -OCH3 is 1. The minimum atomic E-state index is -0.321. The Kier molecular flexibility index (Phi) is 4.90. The second-order valence-electron chi connectivity index (χ2n) is 6.66. The zero-order valence-corrected chi connectivity index (χ0v) is 15.4. The van der Waals surface area contributed by atoms with Crippen LogP contribution in [0.25, 0.3) is 0 Å². The van der Waals surface area contributed by atoms with Crippen LogP contribution in [-0.2, 0) is 9.53 Å². The van der Waals surface area contributed by atoms with Crippen LogP contribution in [-0.4, -0.2) is 33.0 Å². The van der Waals surface area contributed by atoms with Crippen LogP contribution in [0.2, 0.25) is 0 Å². The van der Waals surface area contributed by atoms with Crippen molar-refractivity contribution in [3.05, 3.63) is 53.6 Å². The summed E-state index contributed by atoms with van der Waals surface area (Å²) in [6, 6.07) is 13.6. The second-order valence-corrected chi connectivity index (χ2v) is 6.66. The van der Waals surface area contributed by atoms with E-state index < -0.39 is 0 Å². The van der Waals surface area contributed by atoms with Gasteiger partial charge in [0.05, 0.1) is 19.6 Å². The first-order valence-electron chi connectivity index (χ1n) is 9.14. The molecular weight excluding hydrogens is 346 g/mol. The quantitative estimate of drug-likeness (QED) is 0.818. The summed E-state index contributed by atoms with van der Waals surface area (Å²) in [4.78, 5) is 12.8. The third-order valence-electron chi connectivity index (χ3n) is 5.21. The summed E-state index contributed by atoms with van der Waals surface area (Å²) < 4.78 is 21.6. The maximum Gasteiger partial charge on any atom is 0.311 e. The van der Waals surface area contributed by atoms with Crippen LogP contribution < -0.4 is 19.5 Å². The first-order chi connectivity index (χ1) is 13.2. The zero-order valence-electron chi connectivity index (χ0n) is 15.4. The normalized spacial score (nSPS) is 23.3. The van der Waals surface area contributed by atoms with Crippen LogP contribution >= 0.6 is 0 Å². The van der Waals surface area contributed by atoms with E-state index in [0.717, 1.165) is 28.4 Å². The van der Waals surface area contributed by atoms with Gasteiger partial charge >= 0.3 is 5.97 Å². The Morgan fingerprint density at radius 3 is 2.59 bits per heavy atom. The fourth-order valence-electron chi connectivity index (χ4n) is 3.88. The Hall–Kier alpha value is -2.73. The molecule has 2 aromatic rings. The maximum atomic E-state index is 12.8. The third kappa shape index (κ3) is 3.32. The molecule has 0 aromatic heterocycles. The molecular formula is C21H23NO5. The maximum absolute atomic E-state index is 12.8. The number of hydrogen-bond donors (Lipinski definition) is 1. The van der Waals surface area contributed by atoms with Crippen LogP contribution in [0.5, 0.6) is 17.2 Å². The van der Waals surface area contributed by atoms with Crippen molar-refractivity contribution in [1.82, 2.24) is 5.32 Å². The molecule has 27 heavy (non-hydrogen) atoms. The van der Waals surface area contributed by atoms with Gasteiger partial charge < -0.3 is 24.3 Å². The molecule has 1 fully saturated rings. The van der Waals surface area contributed by atoms with Crippen molar-refractivity contribution in [3.8, 4) is 17.2 Å². The average Bonchev–Trinajstić information content (AvgIpc) is 3.34. The smallest absolute Gasteiger partial charge is 0.311 e. The highest BCUT2D eigenvalue weighted by atomic mass is 16.7. The van der Waals surface area contributed by atoms with Crippen LogP contribution in [0.15, 0.2) is 42.5 Å². The van der Waals surface area contributed by atoms with Gasteiger partial charge in [-0.3, -0.25) is 4.79 Å². The first kappa shape index (κ1) is 17.7. The summed E-state index contributed by atoms with van der Waals surface area (Å²) in [6.45, 7) is 3.11. The number of hydrogen-bond acceptors (Lipinski definition) is 6. The van der Waals surface area contributed by atoms with E-state index in [2.05, 4.69) is 5.32 Å². The van der Waals surface area contributed by atoms with E-state index in [1.165, 1.54) is 0 Å². The molecule has 2 aliphatic rings. The number of ether oxygens (including phenoxy) is 4. The molecule has 1 N–H and O–H groups in total. The van der Waals surface area contributed by atoms with Crippen molar-refractivity contribution < 1.29 is 23.7 Å². The Labute approximate surface area is 158 Å². The van der Waals surface area contributed by atoms with Gasteiger partial charge in [-0.1, -0.05) is 18.2 Å². The lowest BCUT2D eigenvalue weighted by Crippen LogP contribution is -2.27. The van der Waals surface area contributed by atoms with Crippen LogP contribution in [0.4, 0.5) is 0 Å². The molecule has 142 valence electrons. The molecule has 6 nitrogen and oxygen atoms in total. The molecule has 0 bridgehead atoms. The molecule has 4 rings (SSSR count). The standard InChI is InChI=1S/C21H23NO5/c1-3-25-21(23)19-16(14-6-9-17-18(10-14)27-12-26-17)11-22-20(19)13-4-7-15(24-2)8-5-13/h4-10,16,19-20,22H,3,11-12H2,1-2H3. The fourth-order valence-corrected chi connectivity index (χ4v) is 3.88. The Morgan fingerprint density at radius 1 is 1.11 bits per heavy atom. The number of carbonyl (C=O) groups is 1. The van der Waals surface area contributed by atoms with Crippen LogP contribution in [0, 0.1) is 5.92 Å². The van der Waals surface area contributed by atoms with Gasteiger partial charge in [0.25, 0.3) is 0 Å². The molecule has 2 aliphatic heterocycles. The van der Waals surface area contributed by atoms with Crippen molar-refractivity contribution in [2.24, 2.45) is 5.92 Å². The summed E-state index contributed by atoms with van der Waals surface area (Å²) in [5, 5.41) is 3.50. The van der Waals surface area contributed by atoms with Crippen LogP contribution in [0.3, 0.4) is 0 Å². The van der Waals surface area contributed by atoms with Crippen molar-refractivity contribution in [3.63, 3.8) is 0 Å². The molecule has 0 saturated carbocycles. The molecule has 3 atom stereocenters. The van der Waals surface area contributed by atoms with E-state index in [-0.39, 0.29) is 30.6 Å². The van der Waals surface area contributed by atoms with E-state index in [1.807, 2.05) is 49.4 Å². The molecule has 1 saturated heterocycles. The number of benzene rings is 2. The molecule has 2 aromatic carbocycles. The average molecular weight is 369 g/mol. The highest BCUT2D eigenvalue weighted by molar-refractivity contribution is 5.76. The Balaban J connectivity index is 1.66. The Bertz CT molecular complexity index is 820. The van der Waals surface area contributed by atoms with Gasteiger partial charge in [0, 0.05) is 18.5 Å². The molecule has 0 spiro atoms. The number of fused-ring (bicyclic) bond motifs is 1. The van der Waals surface area contributed by atoms with Gasteiger partial charge in [0.2, 0.25) is 6.79 Å². The topological polar surface area (TPSA) is 66.0 Å². The monoisotopic (exact) mass is 369 g/mol. The Morgan fingerprint density at radius 2 is 1.85 bits per heavy atom. The van der Waals surface area contributed by atoms with E-state index in [1.54, 1.807) is 7.11 Å². The number of rotatable bonds is 5. The van der Waals surface area contributed by atoms with E-state index in [0.29, 0.717) is 13.2 Å². The van der Waals surface area contributed by atoms with Gasteiger partial charge in [0.1, 0.15) is 5.75 Å². The highest BCUT2D eigenvalue weighted by Gasteiger charge is 2.43. The van der Waals surface area contributed by atoms with Gasteiger partial charge in [-0.05, 0) is 42.3 Å². The lowest BCUT2D eigenvalue weighted by Gasteiger charge is -2.23. The van der Waals surface area contributed by atoms with Crippen molar-refractivity contribution in [2.75, 3.05) is 27.1 Å². The van der Waals surface area contributed by atoms with Gasteiger partial charge in [-0.25, -0.2) is 0 Å². The highest BCUT2D eigenvalue weighted by Crippen LogP contribution is 2.43. The van der Waals surface area contributed by atoms with Crippen molar-refractivity contribution in [1.29, 1.82) is 0 Å². The van der Waals surface area contributed by atoms with Crippen molar-refractivity contribution >= 4 is 5.97 Å². The third-order valence-corrected chi connectivity index (χ3v) is 5.21. The summed E-state index contributed by atoms with van der Waals surface area (Å²) in [5.41, 5.74) is 2.08. The van der Waals surface area contributed by atoms with E-state index in [4.69, 9.17) is 18.9 Å². The molecule has 3 unspecified atom stereocenters. The van der Waals surface area contributed by atoms with Crippen LogP contribution in [0.1, 0.15) is 30.0 Å². The number of carbonyl (C=O) groups excluding carboxylic acids is 1. The molecule has 0 radical (unpaired) electrons. The van der Waals surface area contributed by atoms with Gasteiger partial charge in [-0.2, -0.15) is 0 Å². The summed E-state index contributed by atoms with van der Waals surface area (Å²) >= 11 is 0. The summed E-state index contributed by atoms with van der Waals surface area (Å²) in [7, 11) is 1.64. The minimum absolute atomic E-state index is 0.00866. The summed E-state index contributed by atoms with van der Waals surface area (Å²) in [6.07, 6.45) is 0. The van der Waals surface area contributed by atoms with Crippen molar-refractivity contribution in [2.45, 2.75) is 18.9 Å². The zero-order chi connectivity index (χ0) is 18.8. The predicted octanol–water partition coefficient (Wildman–Crippen LogP) is 3.03. The van der Waals surface area contributed by atoms with Gasteiger partial charge in [-0.15, -0.1) is 0 Å². The lowest BCUT2D eigenvalue weighted by molar-refractivity contribution is -0.148. The number of nitrogens with one attached hydrogen (secondary N) is 1. The minimum Gasteiger partial charge on any atom is -0.497 e. The summed E-state index contributed by atoms with van der Waals surface area (Å²) in [5.74, 6) is 1.74. The van der Waals surface area contributed by atoms with E-state index in [9.17, 15) is 4.79 Å². The molecule has 6 heteroatoms. The second kappa shape index (κ2) is 7.48.